The highest BCUT2D eigenvalue weighted by molar-refractivity contribution is 7.58. The smallest absolute Gasteiger partial charge is 0.256 e. The summed E-state index contributed by atoms with van der Waals surface area (Å²) >= 11 is 3.51. The number of likely N-dealkylation sites (tertiary alicyclic amines) is 1. The van der Waals surface area contributed by atoms with Crippen molar-refractivity contribution in [2.75, 3.05) is 18.4 Å². The fourth-order valence-electron chi connectivity index (χ4n) is 3.63. The van der Waals surface area contributed by atoms with Gasteiger partial charge in [0.05, 0.1) is 11.1 Å². The van der Waals surface area contributed by atoms with Crippen LogP contribution in [-0.2, 0) is 17.4 Å². The molecule has 1 aromatic carbocycles. The molecule has 0 aliphatic carbocycles. The normalized spacial score (nSPS) is 18.2. The van der Waals surface area contributed by atoms with Gasteiger partial charge in [-0.15, -0.1) is 0 Å². The highest BCUT2D eigenvalue weighted by Gasteiger charge is 2.26. The number of nitrogens with one attached hydrogen (secondary N) is 2. The van der Waals surface area contributed by atoms with Gasteiger partial charge in [0.15, 0.2) is 4.90 Å². The van der Waals surface area contributed by atoms with E-state index in [1.54, 1.807) is 6.20 Å². The zero-order valence-corrected chi connectivity index (χ0v) is 15.7. The minimum Gasteiger partial charge on any atom is -0.361 e. The lowest BCUT2D eigenvalue weighted by atomic mass is 10.0. The van der Waals surface area contributed by atoms with Gasteiger partial charge in [-0.05, 0) is 62.6 Å². The van der Waals surface area contributed by atoms with E-state index in [1.165, 1.54) is 6.42 Å². The molecule has 0 bridgehead atoms. The summed E-state index contributed by atoms with van der Waals surface area (Å²) in [4.78, 5) is 31.1. The predicted octanol–water partition coefficient (Wildman–Crippen LogP) is 2.81. The van der Waals surface area contributed by atoms with Gasteiger partial charge in [0.2, 0.25) is 0 Å². The lowest BCUT2D eigenvalue weighted by Crippen LogP contribution is -2.35. The molecule has 0 atom stereocenters. The lowest BCUT2D eigenvalue weighted by molar-refractivity contribution is -0.110. The van der Waals surface area contributed by atoms with Gasteiger partial charge in [0.1, 0.15) is 0 Å². The van der Waals surface area contributed by atoms with E-state index >= 15 is 0 Å². The van der Waals surface area contributed by atoms with Crippen molar-refractivity contribution in [2.24, 2.45) is 0 Å². The van der Waals surface area contributed by atoms with Crippen molar-refractivity contribution in [3.8, 4) is 0 Å². The Morgan fingerprint density at radius 1 is 1.23 bits per heavy atom. The molecular weight excluding hydrogens is 346 g/mol. The lowest BCUT2D eigenvalue weighted by Gasteiger charge is -2.26. The van der Waals surface area contributed by atoms with E-state index in [1.807, 2.05) is 36.1 Å². The first kappa shape index (κ1) is 17.0. The fraction of sp³-hybridized carbons (Fsp3) is 0.300. The van der Waals surface area contributed by atoms with Gasteiger partial charge in [-0.3, -0.25) is 9.59 Å². The first-order valence-electron chi connectivity index (χ1n) is 8.91. The zero-order chi connectivity index (χ0) is 18.3. The Labute approximate surface area is 157 Å². The van der Waals surface area contributed by atoms with Crippen molar-refractivity contribution in [2.45, 2.75) is 31.1 Å². The topological polar surface area (TPSA) is 65.2 Å². The quantitative estimate of drug-likeness (QED) is 0.632. The zero-order valence-electron chi connectivity index (χ0n) is 14.7. The number of nitrogens with zero attached hydrogens (tertiary/aromatic N) is 1. The molecule has 0 spiro atoms. The van der Waals surface area contributed by atoms with Gasteiger partial charge in [0.25, 0.3) is 11.8 Å². The van der Waals surface area contributed by atoms with Crippen molar-refractivity contribution in [3.05, 3.63) is 46.8 Å². The monoisotopic (exact) mass is 368 g/mol. The molecule has 2 N–H and O–H groups in total. The van der Waals surface area contributed by atoms with Crippen LogP contribution in [-0.4, -0.2) is 34.8 Å². The standard InChI is InChI=1S/C20H21N3O2S/c1-12-16(20(25)23-7-3-2-4-8-23)11-21-18(12)10-15-14-9-13(26)5-6-17(14)22-19(15)24/h5-6,9-11,21,26H,2-4,7-8H2,1H3,(H,22,24)/p+1/b15-10-. The Bertz CT molecular complexity index is 923. The molecule has 1 fully saturated rings. The molecule has 0 saturated carbocycles. The molecule has 2 aromatic rings. The van der Waals surface area contributed by atoms with Crippen LogP contribution in [0.3, 0.4) is 0 Å². The Morgan fingerprint density at radius 3 is 2.77 bits per heavy atom. The molecule has 4 rings (SSSR count). The number of carbonyl (C=O) groups excluding carboxylic acids is 2. The number of hydrogen-bond acceptors (Lipinski definition) is 2. The van der Waals surface area contributed by atoms with E-state index in [0.29, 0.717) is 11.1 Å². The summed E-state index contributed by atoms with van der Waals surface area (Å²) in [5.41, 5.74) is 4.62. The Balaban J connectivity index is 1.67. The van der Waals surface area contributed by atoms with Crippen LogP contribution in [0.5, 0.6) is 0 Å². The molecular formula is C20H22N3O2S+. The van der Waals surface area contributed by atoms with E-state index in [2.05, 4.69) is 22.9 Å². The number of hydrogen-bond donors (Lipinski definition) is 2. The van der Waals surface area contributed by atoms with Crippen LogP contribution < -0.4 is 5.32 Å². The number of fused-ring (bicyclic) bond motifs is 1. The third-order valence-corrected chi connectivity index (χ3v) is 5.46. The number of piperidine rings is 1. The largest absolute Gasteiger partial charge is 0.361 e. The number of aromatic amines is 1. The van der Waals surface area contributed by atoms with Crippen molar-refractivity contribution in [1.82, 2.24) is 9.88 Å². The van der Waals surface area contributed by atoms with Crippen molar-refractivity contribution < 1.29 is 9.59 Å². The molecule has 26 heavy (non-hydrogen) atoms. The van der Waals surface area contributed by atoms with Crippen LogP contribution in [0.4, 0.5) is 5.69 Å². The number of carbonyl (C=O) groups is 2. The van der Waals surface area contributed by atoms with Gasteiger partial charge in [-0.2, -0.15) is 0 Å². The fourth-order valence-corrected chi connectivity index (χ4v) is 3.85. The van der Waals surface area contributed by atoms with Gasteiger partial charge in [-0.1, -0.05) is 0 Å². The molecule has 2 amide bonds. The maximum atomic E-state index is 12.8. The number of rotatable bonds is 2. The number of anilines is 1. The molecule has 2 aliphatic rings. The van der Waals surface area contributed by atoms with Gasteiger partial charge in [-0.25, -0.2) is 0 Å². The van der Waals surface area contributed by atoms with E-state index in [9.17, 15) is 9.59 Å². The van der Waals surface area contributed by atoms with E-state index < -0.39 is 0 Å². The number of benzene rings is 1. The summed E-state index contributed by atoms with van der Waals surface area (Å²) in [5, 5.41) is 2.88. The SMILES string of the molecule is Cc1c(C(=O)N2CCCCC2)c[nH]c1/C=C1\C(=O)Nc2ccc([SH2+])cc21. The van der Waals surface area contributed by atoms with Gasteiger partial charge in [0, 0.05) is 42.3 Å². The Hall–Kier alpha value is -2.47. The first-order chi connectivity index (χ1) is 12.5. The molecule has 1 aromatic heterocycles. The summed E-state index contributed by atoms with van der Waals surface area (Å²) in [7, 11) is 0. The Morgan fingerprint density at radius 2 is 2.00 bits per heavy atom. The van der Waals surface area contributed by atoms with Crippen molar-refractivity contribution >= 4 is 41.8 Å². The molecule has 6 heteroatoms. The predicted molar refractivity (Wildman–Crippen MR) is 107 cm³/mol. The summed E-state index contributed by atoms with van der Waals surface area (Å²) < 4.78 is 0. The molecule has 0 radical (unpaired) electrons. The number of aromatic nitrogens is 1. The van der Waals surface area contributed by atoms with Crippen LogP contribution in [0.2, 0.25) is 0 Å². The maximum Gasteiger partial charge on any atom is 0.256 e. The van der Waals surface area contributed by atoms with Crippen molar-refractivity contribution in [1.29, 1.82) is 0 Å². The second-order valence-electron chi connectivity index (χ2n) is 6.87. The second kappa shape index (κ2) is 6.68. The van der Waals surface area contributed by atoms with Crippen LogP contribution in [0.25, 0.3) is 11.6 Å². The molecule has 2 aliphatic heterocycles. The maximum absolute atomic E-state index is 12.8. The van der Waals surface area contributed by atoms with Crippen LogP contribution in [0.1, 0.15) is 46.4 Å². The van der Waals surface area contributed by atoms with Crippen molar-refractivity contribution in [3.63, 3.8) is 0 Å². The summed E-state index contributed by atoms with van der Waals surface area (Å²) in [6.07, 6.45) is 6.91. The van der Waals surface area contributed by atoms with E-state index in [4.69, 9.17) is 0 Å². The first-order valence-corrected chi connectivity index (χ1v) is 9.41. The Kier molecular flexibility index (Phi) is 4.36. The van der Waals surface area contributed by atoms with Gasteiger partial charge >= 0.3 is 0 Å². The van der Waals surface area contributed by atoms with Crippen LogP contribution in [0, 0.1) is 6.92 Å². The third kappa shape index (κ3) is 2.94. The van der Waals surface area contributed by atoms with Gasteiger partial charge < -0.3 is 15.2 Å². The average molecular weight is 368 g/mol. The second-order valence-corrected chi connectivity index (χ2v) is 7.44. The molecule has 1 saturated heterocycles. The number of amides is 2. The number of H-pyrrole nitrogens is 1. The third-order valence-electron chi connectivity index (χ3n) is 5.14. The average Bonchev–Trinajstić information content (AvgIpc) is 3.16. The highest BCUT2D eigenvalue weighted by Crippen LogP contribution is 2.34. The summed E-state index contributed by atoms with van der Waals surface area (Å²) in [5.74, 6) is -0.0583. The molecule has 134 valence electrons. The molecule has 0 unspecified atom stereocenters. The molecule has 3 heterocycles. The minimum atomic E-state index is -0.129. The molecule has 5 nitrogen and oxygen atoms in total. The van der Waals surface area contributed by atoms with E-state index in [0.717, 1.165) is 53.3 Å². The minimum absolute atomic E-state index is 0.0711. The van der Waals surface area contributed by atoms with Crippen LogP contribution in [0.15, 0.2) is 29.3 Å². The van der Waals surface area contributed by atoms with E-state index in [-0.39, 0.29) is 11.8 Å². The van der Waals surface area contributed by atoms with Crippen LogP contribution >= 0.6 is 0 Å². The summed E-state index contributed by atoms with van der Waals surface area (Å²) in [6, 6.07) is 5.70. The highest BCUT2D eigenvalue weighted by atomic mass is 32.1. The summed E-state index contributed by atoms with van der Waals surface area (Å²) in [6.45, 7) is 3.57.